The van der Waals surface area contributed by atoms with Gasteiger partial charge in [0.1, 0.15) is 23.1 Å². The Balaban J connectivity index is 1.44. The van der Waals surface area contributed by atoms with E-state index in [0.717, 1.165) is 48.6 Å². The number of carbonyl (C=O) groups is 1. The van der Waals surface area contributed by atoms with E-state index in [4.69, 9.17) is 9.73 Å². The molecule has 0 bridgehead atoms. The molecule has 6 heteroatoms. The number of fused-ring (bicyclic) bond motifs is 2. The number of para-hydroxylation sites is 2. The molecule has 0 atom stereocenters. The Morgan fingerprint density at radius 3 is 2.58 bits per heavy atom. The van der Waals surface area contributed by atoms with Crippen molar-refractivity contribution in [3.8, 4) is 11.5 Å². The van der Waals surface area contributed by atoms with E-state index in [1.165, 1.54) is 12.1 Å². The maximum Gasteiger partial charge on any atom is 0.228 e. The lowest BCUT2D eigenvalue weighted by molar-refractivity contribution is -0.115. The second-order valence-electron chi connectivity index (χ2n) is 7.76. The summed E-state index contributed by atoms with van der Waals surface area (Å²) in [6.07, 6.45) is 2.43. The third-order valence-electron chi connectivity index (χ3n) is 5.50. The summed E-state index contributed by atoms with van der Waals surface area (Å²) in [5.41, 5.74) is 3.08. The number of benzene rings is 3. The zero-order valence-electron chi connectivity index (χ0n) is 17.0. The summed E-state index contributed by atoms with van der Waals surface area (Å²) in [4.78, 5) is 19.7. The van der Waals surface area contributed by atoms with Gasteiger partial charge in [-0.1, -0.05) is 24.3 Å². The number of likely N-dealkylation sites (tertiary alicyclic amines) is 1. The Labute approximate surface area is 180 Å². The summed E-state index contributed by atoms with van der Waals surface area (Å²) in [6.45, 7) is 1.89. The number of aliphatic imine (C=N–C) groups is 1. The van der Waals surface area contributed by atoms with Crippen molar-refractivity contribution in [2.24, 2.45) is 4.99 Å². The predicted molar refractivity (Wildman–Crippen MR) is 119 cm³/mol. The second kappa shape index (κ2) is 8.22. The lowest BCUT2D eigenvalue weighted by Crippen LogP contribution is -2.28. The average molecular weight is 415 g/mol. The highest BCUT2D eigenvalue weighted by Crippen LogP contribution is 2.39. The van der Waals surface area contributed by atoms with Crippen molar-refractivity contribution < 1.29 is 13.9 Å². The number of amidine groups is 1. The van der Waals surface area contributed by atoms with Crippen LogP contribution >= 0.6 is 0 Å². The van der Waals surface area contributed by atoms with E-state index in [2.05, 4.69) is 10.2 Å². The van der Waals surface area contributed by atoms with Gasteiger partial charge in [-0.15, -0.1) is 0 Å². The molecule has 1 saturated heterocycles. The van der Waals surface area contributed by atoms with E-state index in [1.54, 1.807) is 12.1 Å². The van der Waals surface area contributed by atoms with Crippen LogP contribution in [0.2, 0.25) is 0 Å². The van der Waals surface area contributed by atoms with E-state index >= 15 is 0 Å². The average Bonchev–Trinajstić information content (AvgIpc) is 3.25. The lowest BCUT2D eigenvalue weighted by Gasteiger charge is -2.21. The SMILES string of the molecule is O=C(Cc1ccc(F)cc1)Nc1ccc2c(c1)C(N1CCCC1)=Nc1ccccc1O2. The van der Waals surface area contributed by atoms with Gasteiger partial charge < -0.3 is 15.0 Å². The second-order valence-corrected chi connectivity index (χ2v) is 7.76. The van der Waals surface area contributed by atoms with E-state index in [0.29, 0.717) is 17.2 Å². The molecule has 5 nitrogen and oxygen atoms in total. The minimum Gasteiger partial charge on any atom is -0.454 e. The Morgan fingerprint density at radius 2 is 1.77 bits per heavy atom. The molecule has 2 heterocycles. The van der Waals surface area contributed by atoms with Gasteiger partial charge in [-0.05, 0) is 60.9 Å². The van der Waals surface area contributed by atoms with E-state index in [-0.39, 0.29) is 18.1 Å². The number of rotatable bonds is 3. The minimum absolute atomic E-state index is 0.163. The van der Waals surface area contributed by atoms with Crippen molar-refractivity contribution in [1.82, 2.24) is 4.90 Å². The fourth-order valence-electron chi connectivity index (χ4n) is 3.96. The van der Waals surface area contributed by atoms with Gasteiger partial charge in [-0.25, -0.2) is 9.38 Å². The van der Waals surface area contributed by atoms with Gasteiger partial charge in [0.25, 0.3) is 0 Å². The van der Waals surface area contributed by atoms with Crippen LogP contribution in [0.15, 0.2) is 71.7 Å². The van der Waals surface area contributed by atoms with Crippen molar-refractivity contribution in [1.29, 1.82) is 0 Å². The quantitative estimate of drug-likeness (QED) is 0.633. The minimum atomic E-state index is -0.315. The third-order valence-corrected chi connectivity index (χ3v) is 5.50. The van der Waals surface area contributed by atoms with Gasteiger partial charge >= 0.3 is 0 Å². The fraction of sp³-hybridized carbons (Fsp3) is 0.200. The van der Waals surface area contributed by atoms with E-state index < -0.39 is 0 Å². The third kappa shape index (κ3) is 4.14. The molecule has 0 spiro atoms. The molecule has 1 fully saturated rings. The van der Waals surface area contributed by atoms with Gasteiger partial charge in [0.05, 0.1) is 12.0 Å². The highest BCUT2D eigenvalue weighted by atomic mass is 19.1. The van der Waals surface area contributed by atoms with Gasteiger partial charge in [0, 0.05) is 18.8 Å². The molecule has 0 radical (unpaired) electrons. The number of amides is 1. The van der Waals surface area contributed by atoms with Crippen LogP contribution in [-0.2, 0) is 11.2 Å². The van der Waals surface area contributed by atoms with Crippen molar-refractivity contribution in [2.75, 3.05) is 18.4 Å². The summed E-state index contributed by atoms with van der Waals surface area (Å²) < 4.78 is 19.3. The van der Waals surface area contributed by atoms with Crippen LogP contribution < -0.4 is 10.1 Å². The van der Waals surface area contributed by atoms with Crippen LogP contribution in [0.25, 0.3) is 0 Å². The highest BCUT2D eigenvalue weighted by molar-refractivity contribution is 6.05. The molecular formula is C25H22FN3O2. The number of hydrogen-bond acceptors (Lipinski definition) is 4. The zero-order valence-corrected chi connectivity index (χ0v) is 17.0. The normalized spacial score (nSPS) is 14.7. The maximum atomic E-state index is 13.1. The zero-order chi connectivity index (χ0) is 21.2. The fourth-order valence-corrected chi connectivity index (χ4v) is 3.96. The number of hydrogen-bond donors (Lipinski definition) is 1. The molecule has 156 valence electrons. The molecule has 2 aliphatic rings. The molecule has 1 amide bonds. The van der Waals surface area contributed by atoms with Gasteiger partial charge in [-0.2, -0.15) is 0 Å². The van der Waals surface area contributed by atoms with E-state index in [1.807, 2.05) is 42.5 Å². The molecule has 0 saturated carbocycles. The lowest BCUT2D eigenvalue weighted by atomic mass is 10.1. The summed E-state index contributed by atoms with van der Waals surface area (Å²) in [6, 6.07) is 19.3. The topological polar surface area (TPSA) is 53.9 Å². The number of halogens is 1. The van der Waals surface area contributed by atoms with E-state index in [9.17, 15) is 9.18 Å². The summed E-state index contributed by atoms with van der Waals surface area (Å²) in [7, 11) is 0. The molecule has 0 unspecified atom stereocenters. The summed E-state index contributed by atoms with van der Waals surface area (Å²) in [5, 5.41) is 2.95. The number of anilines is 1. The molecule has 2 aliphatic heterocycles. The number of carbonyl (C=O) groups excluding carboxylic acids is 1. The largest absolute Gasteiger partial charge is 0.454 e. The number of nitrogens with one attached hydrogen (secondary N) is 1. The first-order valence-electron chi connectivity index (χ1n) is 10.4. The standard InChI is InChI=1S/C25H22FN3O2/c26-18-9-7-17(8-10-18)15-24(30)27-19-11-12-22-20(16-19)25(29-13-3-4-14-29)28-21-5-1-2-6-23(21)31-22/h1-2,5-12,16H,3-4,13-15H2,(H,27,30). The smallest absolute Gasteiger partial charge is 0.228 e. The van der Waals surface area contributed by atoms with Crippen LogP contribution in [0.3, 0.4) is 0 Å². The molecule has 5 rings (SSSR count). The first-order valence-corrected chi connectivity index (χ1v) is 10.4. The highest BCUT2D eigenvalue weighted by Gasteiger charge is 2.25. The number of nitrogens with zero attached hydrogens (tertiary/aromatic N) is 2. The van der Waals surface area contributed by atoms with Crippen LogP contribution in [0.4, 0.5) is 15.8 Å². The summed E-state index contributed by atoms with van der Waals surface area (Å²) >= 11 is 0. The van der Waals surface area contributed by atoms with Crippen molar-refractivity contribution >= 4 is 23.1 Å². The Kier molecular flexibility index (Phi) is 5.12. The molecule has 1 N–H and O–H groups in total. The van der Waals surface area contributed by atoms with Crippen LogP contribution in [0.1, 0.15) is 24.0 Å². The molecule has 31 heavy (non-hydrogen) atoms. The van der Waals surface area contributed by atoms with Crippen molar-refractivity contribution in [3.05, 3.63) is 83.7 Å². The van der Waals surface area contributed by atoms with Gasteiger partial charge in [0.15, 0.2) is 5.75 Å². The Bertz CT molecular complexity index is 1150. The van der Waals surface area contributed by atoms with Crippen LogP contribution in [0, 0.1) is 5.82 Å². The molecular weight excluding hydrogens is 393 g/mol. The first kappa shape index (κ1) is 19.3. The molecule has 0 aromatic heterocycles. The molecule has 0 aliphatic carbocycles. The predicted octanol–water partition coefficient (Wildman–Crippen LogP) is 5.29. The van der Waals surface area contributed by atoms with Crippen molar-refractivity contribution in [3.63, 3.8) is 0 Å². The van der Waals surface area contributed by atoms with Crippen molar-refractivity contribution in [2.45, 2.75) is 19.3 Å². The Hall–Kier alpha value is -3.67. The number of ether oxygens (including phenoxy) is 1. The monoisotopic (exact) mass is 415 g/mol. The first-order chi connectivity index (χ1) is 15.2. The van der Waals surface area contributed by atoms with Crippen LogP contribution in [-0.4, -0.2) is 29.7 Å². The molecule has 3 aromatic rings. The maximum absolute atomic E-state index is 13.1. The molecule has 3 aromatic carbocycles. The van der Waals surface area contributed by atoms with Gasteiger partial charge in [0.2, 0.25) is 5.91 Å². The van der Waals surface area contributed by atoms with Gasteiger partial charge in [-0.3, -0.25) is 4.79 Å². The van der Waals surface area contributed by atoms with Crippen LogP contribution in [0.5, 0.6) is 11.5 Å². The Morgan fingerprint density at radius 1 is 1.00 bits per heavy atom. The summed E-state index contributed by atoms with van der Waals surface area (Å²) in [5.74, 6) is 1.82.